The quantitative estimate of drug-likeness (QED) is 0.653. The van der Waals surface area contributed by atoms with Gasteiger partial charge in [-0.25, -0.2) is 0 Å². The van der Waals surface area contributed by atoms with E-state index in [1.165, 1.54) is 26.8 Å². The largest absolute Gasteiger partial charge is 0.481 e. The Bertz CT molecular complexity index is 593. The van der Waals surface area contributed by atoms with Gasteiger partial charge in [-0.05, 0) is 32.4 Å². The van der Waals surface area contributed by atoms with Crippen molar-refractivity contribution in [2.45, 2.75) is 38.6 Å². The summed E-state index contributed by atoms with van der Waals surface area (Å²) in [5.41, 5.74) is 3.13. The van der Waals surface area contributed by atoms with Gasteiger partial charge in [0.2, 0.25) is 0 Å². The summed E-state index contributed by atoms with van der Waals surface area (Å²) in [6.07, 6.45) is -4.72. The molecule has 1 rings (SSSR count). The molecule has 128 valence electrons. The molecule has 1 aromatic rings. The van der Waals surface area contributed by atoms with Crippen LogP contribution in [0.3, 0.4) is 0 Å². The number of benzene rings is 1. The summed E-state index contributed by atoms with van der Waals surface area (Å²) < 4.78 is 44.0. The molecule has 0 heterocycles. The molecule has 0 saturated heterocycles. The topological polar surface area (TPSA) is 89.6 Å². The summed E-state index contributed by atoms with van der Waals surface area (Å²) >= 11 is 0. The molecule has 0 aliphatic heterocycles. The van der Waals surface area contributed by atoms with Crippen LogP contribution in [0.1, 0.15) is 37.9 Å². The predicted octanol–water partition coefficient (Wildman–Crippen LogP) is 2.75. The molecule has 5 nitrogen and oxygen atoms in total. The molecule has 0 aliphatic rings. The first-order chi connectivity index (χ1) is 10.3. The van der Waals surface area contributed by atoms with E-state index >= 15 is 0 Å². The van der Waals surface area contributed by atoms with E-state index in [9.17, 15) is 27.9 Å². The van der Waals surface area contributed by atoms with Crippen LogP contribution in [0, 0.1) is 5.92 Å². The smallest absolute Gasteiger partial charge is 0.416 e. The van der Waals surface area contributed by atoms with E-state index in [-0.39, 0.29) is 0 Å². The molecule has 0 spiro atoms. The first kappa shape index (κ1) is 19.0. The van der Waals surface area contributed by atoms with Gasteiger partial charge in [0.1, 0.15) is 5.60 Å². The first-order valence-corrected chi connectivity index (χ1v) is 6.72. The van der Waals surface area contributed by atoms with Crippen LogP contribution >= 0.6 is 0 Å². The molecular formula is C15H18F3NO4. The fourth-order valence-corrected chi connectivity index (χ4v) is 1.99. The maximum absolute atomic E-state index is 13.0. The van der Waals surface area contributed by atoms with Gasteiger partial charge in [-0.1, -0.05) is 18.2 Å². The van der Waals surface area contributed by atoms with Crippen LogP contribution in [0.2, 0.25) is 0 Å². The Hall–Kier alpha value is -2.09. The van der Waals surface area contributed by atoms with E-state index in [0.29, 0.717) is 0 Å². The van der Waals surface area contributed by atoms with Crippen molar-refractivity contribution in [1.29, 1.82) is 0 Å². The fourth-order valence-electron chi connectivity index (χ4n) is 1.99. The van der Waals surface area contributed by atoms with Crippen molar-refractivity contribution in [2.75, 3.05) is 0 Å². The lowest BCUT2D eigenvalue weighted by Crippen LogP contribution is -2.39. The number of alkyl halides is 3. The standard InChI is InChI=1S/C15H18F3NO4/c1-14(2,3)23-13(22)10(12(20)21)11(19)8-6-4-5-7-9(8)15(16,17)18/h4-7,10-11H,19H2,1-3H3,(H,20,21)/t10-,11?/m1/s1. The van der Waals surface area contributed by atoms with Crippen LogP contribution in [0.15, 0.2) is 24.3 Å². The summed E-state index contributed by atoms with van der Waals surface area (Å²) in [4.78, 5) is 23.4. The number of halogens is 3. The van der Waals surface area contributed by atoms with Crippen LogP contribution in [0.5, 0.6) is 0 Å². The normalized spacial score (nSPS) is 14.9. The Morgan fingerprint density at radius 1 is 1.17 bits per heavy atom. The van der Waals surface area contributed by atoms with Crippen LogP contribution in [0.4, 0.5) is 13.2 Å². The molecule has 0 bridgehead atoms. The van der Waals surface area contributed by atoms with Gasteiger partial charge >= 0.3 is 18.1 Å². The first-order valence-electron chi connectivity index (χ1n) is 6.72. The maximum Gasteiger partial charge on any atom is 0.416 e. The lowest BCUT2D eigenvalue weighted by molar-refractivity contribution is -0.168. The van der Waals surface area contributed by atoms with Crippen molar-refractivity contribution < 1.29 is 32.6 Å². The van der Waals surface area contributed by atoms with Crippen molar-refractivity contribution in [3.8, 4) is 0 Å². The number of carbonyl (C=O) groups excluding carboxylic acids is 1. The zero-order valence-corrected chi connectivity index (χ0v) is 12.8. The van der Waals surface area contributed by atoms with Crippen LogP contribution in [-0.4, -0.2) is 22.6 Å². The minimum atomic E-state index is -4.72. The van der Waals surface area contributed by atoms with Gasteiger partial charge in [0.05, 0.1) is 11.6 Å². The zero-order valence-electron chi connectivity index (χ0n) is 12.8. The van der Waals surface area contributed by atoms with E-state index in [0.717, 1.165) is 18.2 Å². The summed E-state index contributed by atoms with van der Waals surface area (Å²) in [6.45, 7) is 4.54. The molecular weight excluding hydrogens is 315 g/mol. The van der Waals surface area contributed by atoms with Gasteiger partial charge in [-0.3, -0.25) is 9.59 Å². The Balaban J connectivity index is 3.26. The van der Waals surface area contributed by atoms with Crippen molar-refractivity contribution in [3.05, 3.63) is 35.4 Å². The molecule has 0 radical (unpaired) electrons. The van der Waals surface area contributed by atoms with Gasteiger partial charge in [0.15, 0.2) is 5.92 Å². The van der Waals surface area contributed by atoms with E-state index in [1.807, 2.05) is 0 Å². The van der Waals surface area contributed by atoms with Crippen molar-refractivity contribution in [1.82, 2.24) is 0 Å². The number of carbonyl (C=O) groups is 2. The number of rotatable bonds is 4. The SMILES string of the molecule is CC(C)(C)OC(=O)[C@@H](C(=O)O)C(N)c1ccccc1C(F)(F)F. The molecule has 0 fully saturated rings. The van der Waals surface area contributed by atoms with Gasteiger partial charge < -0.3 is 15.6 Å². The molecule has 1 aromatic carbocycles. The van der Waals surface area contributed by atoms with Crippen LogP contribution in [-0.2, 0) is 20.5 Å². The number of esters is 1. The minimum absolute atomic E-state index is 0.474. The second-order valence-corrected chi connectivity index (χ2v) is 5.96. The third kappa shape index (κ3) is 4.95. The highest BCUT2D eigenvalue weighted by Gasteiger charge is 2.41. The van der Waals surface area contributed by atoms with Crippen molar-refractivity contribution in [3.63, 3.8) is 0 Å². The molecule has 0 aliphatic carbocycles. The van der Waals surface area contributed by atoms with Crippen molar-refractivity contribution in [2.24, 2.45) is 11.7 Å². The number of carboxylic acid groups (broad SMARTS) is 1. The zero-order chi connectivity index (χ0) is 18.0. The number of nitrogens with two attached hydrogens (primary N) is 1. The summed E-state index contributed by atoms with van der Waals surface area (Å²) in [5, 5.41) is 9.20. The fraction of sp³-hybridized carbons (Fsp3) is 0.467. The third-order valence-electron chi connectivity index (χ3n) is 2.91. The highest BCUT2D eigenvalue weighted by Crippen LogP contribution is 2.36. The summed E-state index contributed by atoms with van der Waals surface area (Å²) in [5.74, 6) is -4.78. The minimum Gasteiger partial charge on any atom is -0.481 e. The van der Waals surface area contributed by atoms with Gasteiger partial charge in [-0.2, -0.15) is 13.2 Å². The molecule has 0 saturated carbocycles. The second-order valence-electron chi connectivity index (χ2n) is 5.96. The predicted molar refractivity (Wildman–Crippen MR) is 75.3 cm³/mol. The van der Waals surface area contributed by atoms with Crippen LogP contribution in [0.25, 0.3) is 0 Å². The molecule has 2 atom stereocenters. The van der Waals surface area contributed by atoms with E-state index in [1.54, 1.807) is 0 Å². The molecule has 23 heavy (non-hydrogen) atoms. The summed E-state index contributed by atoms with van der Waals surface area (Å²) in [7, 11) is 0. The average Bonchev–Trinajstić information content (AvgIpc) is 2.35. The summed E-state index contributed by atoms with van der Waals surface area (Å²) in [6, 6.07) is 2.58. The Labute approximate surface area is 131 Å². The van der Waals surface area contributed by atoms with Gasteiger partial charge in [0, 0.05) is 0 Å². The number of aliphatic carboxylic acids is 1. The lowest BCUT2D eigenvalue weighted by atomic mass is 9.90. The van der Waals surface area contributed by atoms with E-state index in [4.69, 9.17) is 10.5 Å². The highest BCUT2D eigenvalue weighted by atomic mass is 19.4. The molecule has 3 N–H and O–H groups in total. The number of ether oxygens (including phenoxy) is 1. The third-order valence-corrected chi connectivity index (χ3v) is 2.91. The van der Waals surface area contributed by atoms with Gasteiger partial charge in [-0.15, -0.1) is 0 Å². The monoisotopic (exact) mass is 333 g/mol. The van der Waals surface area contributed by atoms with Crippen LogP contribution < -0.4 is 5.73 Å². The number of hydrogen-bond donors (Lipinski definition) is 2. The molecule has 0 aromatic heterocycles. The molecule has 0 amide bonds. The highest BCUT2D eigenvalue weighted by molar-refractivity contribution is 5.95. The Kier molecular flexibility index (Phi) is 5.42. The number of carboxylic acids is 1. The molecule has 8 heteroatoms. The molecule has 1 unspecified atom stereocenters. The Morgan fingerprint density at radius 3 is 2.13 bits per heavy atom. The average molecular weight is 333 g/mol. The van der Waals surface area contributed by atoms with E-state index in [2.05, 4.69) is 0 Å². The lowest BCUT2D eigenvalue weighted by Gasteiger charge is -2.26. The van der Waals surface area contributed by atoms with E-state index < -0.39 is 46.8 Å². The van der Waals surface area contributed by atoms with Gasteiger partial charge in [0.25, 0.3) is 0 Å². The number of hydrogen-bond acceptors (Lipinski definition) is 4. The van der Waals surface area contributed by atoms with Crippen molar-refractivity contribution >= 4 is 11.9 Å². The Morgan fingerprint density at radius 2 is 1.70 bits per heavy atom. The maximum atomic E-state index is 13.0. The second kappa shape index (κ2) is 6.57.